The number of fused-ring (bicyclic) bond motifs is 1. The number of benzene rings is 2. The largest absolute Gasteiger partial charge is 0.493 e. The van der Waals surface area contributed by atoms with E-state index >= 15 is 0 Å². The molecule has 0 atom stereocenters. The Morgan fingerprint density at radius 1 is 0.818 bits per heavy atom. The van der Waals surface area contributed by atoms with Gasteiger partial charge in [-0.15, -0.1) is 0 Å². The molecule has 33 heavy (non-hydrogen) atoms. The number of nitrogens with two attached hydrogens (primary N) is 1. The topological polar surface area (TPSA) is 89.3 Å². The molecule has 6 nitrogen and oxygen atoms in total. The van der Waals surface area contributed by atoms with Crippen LogP contribution in [0.3, 0.4) is 0 Å². The normalized spacial score (nSPS) is 14.8. The van der Waals surface area contributed by atoms with Crippen LogP contribution in [0.2, 0.25) is 0 Å². The van der Waals surface area contributed by atoms with E-state index in [1.54, 1.807) is 18.5 Å². The van der Waals surface area contributed by atoms with E-state index in [2.05, 4.69) is 52.4 Å². The number of imidazole rings is 1. The molecule has 3 heterocycles. The van der Waals surface area contributed by atoms with Gasteiger partial charge in [0, 0.05) is 34.5 Å². The average Bonchev–Trinajstić information content (AvgIpc) is 3.26. The maximum absolute atomic E-state index is 9.57. The molecule has 5 aromatic rings. The van der Waals surface area contributed by atoms with E-state index < -0.39 is 0 Å². The van der Waals surface area contributed by atoms with Crippen LogP contribution in [-0.4, -0.2) is 24.7 Å². The molecule has 0 amide bonds. The summed E-state index contributed by atoms with van der Waals surface area (Å²) in [7, 11) is 0. The summed E-state index contributed by atoms with van der Waals surface area (Å²) in [5.74, 6) is -0.0168. The van der Waals surface area contributed by atoms with E-state index in [1.807, 2.05) is 28.8 Å². The minimum absolute atomic E-state index is 0.0168. The molecule has 1 aliphatic carbocycles. The van der Waals surface area contributed by atoms with Crippen molar-refractivity contribution in [1.82, 2.24) is 19.6 Å². The van der Waals surface area contributed by atoms with Crippen LogP contribution in [0, 0.1) is 0 Å². The number of aromatic hydroxyl groups is 1. The maximum Gasteiger partial charge on any atom is 0.210 e. The zero-order valence-electron chi connectivity index (χ0n) is 18.0. The number of nitrogens with zero attached hydrogens (tertiary/aromatic N) is 4. The Bertz CT molecular complexity index is 1440. The zero-order valence-corrected chi connectivity index (χ0v) is 18.0. The third-order valence-electron chi connectivity index (χ3n) is 6.60. The fourth-order valence-corrected chi connectivity index (χ4v) is 4.51. The molecule has 0 unspecified atom stereocenters. The number of pyridine rings is 1. The smallest absolute Gasteiger partial charge is 0.210 e. The zero-order chi connectivity index (χ0) is 22.4. The van der Waals surface area contributed by atoms with E-state index in [1.165, 1.54) is 12.0 Å². The van der Waals surface area contributed by atoms with Gasteiger partial charge in [0.05, 0.1) is 17.6 Å². The van der Waals surface area contributed by atoms with Crippen LogP contribution in [0.5, 0.6) is 5.88 Å². The number of hydrogen-bond donors (Lipinski definition) is 2. The molecule has 3 aromatic heterocycles. The first kappa shape index (κ1) is 19.6. The molecule has 162 valence electrons. The van der Waals surface area contributed by atoms with Crippen LogP contribution >= 0.6 is 0 Å². The molecule has 0 aliphatic heterocycles. The van der Waals surface area contributed by atoms with Crippen LogP contribution in [0.25, 0.3) is 39.3 Å². The van der Waals surface area contributed by atoms with Crippen molar-refractivity contribution < 1.29 is 5.11 Å². The summed E-state index contributed by atoms with van der Waals surface area (Å²) in [6.07, 6.45) is 6.66. The lowest BCUT2D eigenvalue weighted by atomic mass is 9.72. The maximum atomic E-state index is 9.57. The summed E-state index contributed by atoms with van der Waals surface area (Å²) in [6, 6.07) is 24.2. The number of hydrogen-bond acceptors (Lipinski definition) is 5. The third kappa shape index (κ3) is 3.36. The van der Waals surface area contributed by atoms with Gasteiger partial charge in [0.25, 0.3) is 0 Å². The van der Waals surface area contributed by atoms with Crippen molar-refractivity contribution in [2.24, 2.45) is 5.73 Å². The molecule has 2 aromatic carbocycles. The van der Waals surface area contributed by atoms with Crippen LogP contribution in [0.4, 0.5) is 0 Å². The molecule has 1 fully saturated rings. The van der Waals surface area contributed by atoms with Crippen molar-refractivity contribution in [2.75, 3.05) is 0 Å². The van der Waals surface area contributed by atoms with Crippen LogP contribution in [-0.2, 0) is 5.54 Å². The predicted octanol–water partition coefficient (Wildman–Crippen LogP) is 5.17. The van der Waals surface area contributed by atoms with Gasteiger partial charge >= 0.3 is 0 Å². The second-order valence-corrected chi connectivity index (χ2v) is 8.68. The average molecular weight is 434 g/mol. The van der Waals surface area contributed by atoms with Gasteiger partial charge in [-0.1, -0.05) is 54.6 Å². The highest BCUT2D eigenvalue weighted by molar-refractivity contribution is 5.83. The lowest BCUT2D eigenvalue weighted by Crippen LogP contribution is -2.43. The first-order chi connectivity index (χ1) is 16.1. The second-order valence-electron chi connectivity index (χ2n) is 8.68. The Hall–Kier alpha value is -4.03. The first-order valence-corrected chi connectivity index (χ1v) is 11.1. The molecule has 1 saturated carbocycles. The molecule has 6 rings (SSSR count). The molecule has 0 saturated heterocycles. The van der Waals surface area contributed by atoms with Gasteiger partial charge in [0.15, 0.2) is 5.65 Å². The van der Waals surface area contributed by atoms with Crippen molar-refractivity contribution >= 4 is 5.65 Å². The van der Waals surface area contributed by atoms with Crippen molar-refractivity contribution in [3.8, 4) is 39.5 Å². The minimum Gasteiger partial charge on any atom is -0.493 e. The SMILES string of the molecule is NC1(c2ccc(-c3nn4c(-c5ccc(O)nc5)cnc4cc3-c3ccccc3)cc2)CCC1. The van der Waals surface area contributed by atoms with Gasteiger partial charge in [0.1, 0.15) is 0 Å². The summed E-state index contributed by atoms with van der Waals surface area (Å²) < 4.78 is 1.83. The molecule has 0 bridgehead atoms. The van der Waals surface area contributed by atoms with Crippen molar-refractivity contribution in [3.63, 3.8) is 0 Å². The van der Waals surface area contributed by atoms with Gasteiger partial charge in [-0.2, -0.15) is 5.10 Å². The number of aromatic nitrogens is 4. The summed E-state index contributed by atoms with van der Waals surface area (Å²) in [4.78, 5) is 8.61. The first-order valence-electron chi connectivity index (χ1n) is 11.1. The van der Waals surface area contributed by atoms with Gasteiger partial charge in [-0.25, -0.2) is 14.5 Å². The van der Waals surface area contributed by atoms with E-state index in [0.29, 0.717) is 0 Å². The third-order valence-corrected chi connectivity index (χ3v) is 6.60. The molecule has 3 N–H and O–H groups in total. The standard InChI is InChI=1S/C27H23N5O/c28-27(13-4-14-27)21-10-7-19(8-11-21)26-22(18-5-2-1-3-6-18)15-24-29-17-23(32(24)31-26)20-9-12-25(33)30-16-20/h1-3,5-12,15-17H,4,13-14,28H2,(H,30,33). The van der Waals surface area contributed by atoms with E-state index in [-0.39, 0.29) is 11.4 Å². The van der Waals surface area contributed by atoms with E-state index in [9.17, 15) is 5.11 Å². The van der Waals surface area contributed by atoms with Crippen molar-refractivity contribution in [1.29, 1.82) is 0 Å². The molecule has 1 aliphatic rings. The second kappa shape index (κ2) is 7.53. The Morgan fingerprint density at radius 2 is 1.58 bits per heavy atom. The predicted molar refractivity (Wildman–Crippen MR) is 128 cm³/mol. The van der Waals surface area contributed by atoms with Crippen LogP contribution in [0.15, 0.2) is 85.2 Å². The Labute approximate surface area is 191 Å². The molecular weight excluding hydrogens is 410 g/mol. The van der Waals surface area contributed by atoms with Gasteiger partial charge in [0.2, 0.25) is 5.88 Å². The lowest BCUT2D eigenvalue weighted by Gasteiger charge is -2.38. The highest BCUT2D eigenvalue weighted by Crippen LogP contribution is 2.40. The van der Waals surface area contributed by atoms with E-state index in [0.717, 1.165) is 52.1 Å². The highest BCUT2D eigenvalue weighted by atomic mass is 16.3. The Kier molecular flexibility index (Phi) is 4.48. The number of rotatable bonds is 4. The van der Waals surface area contributed by atoms with Crippen molar-refractivity contribution in [2.45, 2.75) is 24.8 Å². The van der Waals surface area contributed by atoms with Gasteiger partial charge < -0.3 is 10.8 Å². The Morgan fingerprint density at radius 3 is 2.24 bits per heavy atom. The van der Waals surface area contributed by atoms with Crippen LogP contribution < -0.4 is 5.73 Å². The van der Waals surface area contributed by atoms with Gasteiger partial charge in [-0.3, -0.25) is 0 Å². The molecule has 0 spiro atoms. The summed E-state index contributed by atoms with van der Waals surface area (Å²) >= 11 is 0. The monoisotopic (exact) mass is 433 g/mol. The molecular formula is C27H23N5O. The highest BCUT2D eigenvalue weighted by Gasteiger charge is 2.34. The lowest BCUT2D eigenvalue weighted by molar-refractivity contribution is 0.253. The molecule has 6 heteroatoms. The van der Waals surface area contributed by atoms with Crippen molar-refractivity contribution in [3.05, 3.63) is 90.8 Å². The van der Waals surface area contributed by atoms with Crippen LogP contribution in [0.1, 0.15) is 24.8 Å². The fraction of sp³-hybridized carbons (Fsp3) is 0.148. The fourth-order valence-electron chi connectivity index (χ4n) is 4.51. The van der Waals surface area contributed by atoms with E-state index in [4.69, 9.17) is 10.8 Å². The molecule has 0 radical (unpaired) electrons. The Balaban J connectivity index is 1.53. The minimum atomic E-state index is -0.193. The summed E-state index contributed by atoms with van der Waals surface area (Å²) in [5, 5.41) is 14.6. The van der Waals surface area contributed by atoms with Gasteiger partial charge in [-0.05, 0) is 42.5 Å². The quantitative estimate of drug-likeness (QED) is 0.408. The summed E-state index contributed by atoms with van der Waals surface area (Å²) in [6.45, 7) is 0. The summed E-state index contributed by atoms with van der Waals surface area (Å²) in [5.41, 5.74) is 13.9.